The molecule has 0 radical (unpaired) electrons. The van der Waals surface area contributed by atoms with Crippen LogP contribution in [0.5, 0.6) is 0 Å². The summed E-state index contributed by atoms with van der Waals surface area (Å²) in [5.74, 6) is -1.45. The number of nitrogens with one attached hydrogen (secondary N) is 1. The molecule has 4 aromatic rings. The summed E-state index contributed by atoms with van der Waals surface area (Å²) in [5.41, 5.74) is 3.50. The molecule has 5 nitrogen and oxygen atoms in total. The smallest absolute Gasteiger partial charge is 0.260 e. The number of nitrogens with zero attached hydrogens (tertiary/aromatic N) is 2. The molecule has 33 heavy (non-hydrogen) atoms. The van der Waals surface area contributed by atoms with Crippen LogP contribution in [0.15, 0.2) is 85.1 Å². The minimum Gasteiger partial charge on any atom is -0.345 e. The Morgan fingerprint density at radius 2 is 1.67 bits per heavy atom. The number of carbonyl (C=O) groups is 2. The first-order valence-corrected chi connectivity index (χ1v) is 10.8. The molecule has 5 rings (SSSR count). The number of hydrogen-bond donors (Lipinski definition) is 1. The van der Waals surface area contributed by atoms with Crippen LogP contribution in [0.2, 0.25) is 5.02 Å². The highest BCUT2D eigenvalue weighted by atomic mass is 35.5. The minimum absolute atomic E-state index is 0.0713. The Hall–Kier alpha value is -3.90. The van der Waals surface area contributed by atoms with Crippen molar-refractivity contribution in [3.8, 4) is 0 Å². The predicted octanol–water partition coefficient (Wildman–Crippen LogP) is 5.74. The molecule has 7 heteroatoms. The van der Waals surface area contributed by atoms with E-state index in [1.165, 1.54) is 24.3 Å². The molecule has 1 N–H and O–H groups in total. The normalized spacial score (nSPS) is 12.5. The van der Waals surface area contributed by atoms with E-state index < -0.39 is 11.7 Å². The molecule has 2 heterocycles. The third-order valence-electron chi connectivity index (χ3n) is 5.69. The van der Waals surface area contributed by atoms with Crippen molar-refractivity contribution in [2.75, 3.05) is 10.2 Å². The van der Waals surface area contributed by atoms with Gasteiger partial charge in [-0.2, -0.15) is 0 Å². The first-order chi connectivity index (χ1) is 16.0. The van der Waals surface area contributed by atoms with Gasteiger partial charge in [-0.15, -0.1) is 0 Å². The number of fused-ring (bicyclic) bond motifs is 2. The average Bonchev–Trinajstić information content (AvgIpc) is 3.18. The van der Waals surface area contributed by atoms with Crippen LogP contribution in [-0.4, -0.2) is 16.4 Å². The number of carbonyl (C=O) groups excluding carboxylic acids is 2. The second kappa shape index (κ2) is 8.56. The number of amides is 2. The van der Waals surface area contributed by atoms with Crippen LogP contribution in [0.1, 0.15) is 32.0 Å². The van der Waals surface area contributed by atoms with Crippen molar-refractivity contribution in [2.45, 2.75) is 13.1 Å². The molecule has 0 saturated heterocycles. The van der Waals surface area contributed by atoms with Gasteiger partial charge in [0.1, 0.15) is 5.82 Å². The van der Waals surface area contributed by atoms with Crippen LogP contribution in [0, 0.1) is 5.82 Å². The molecule has 1 aliphatic rings. The molecule has 3 aromatic carbocycles. The van der Waals surface area contributed by atoms with Crippen molar-refractivity contribution >= 4 is 34.8 Å². The van der Waals surface area contributed by atoms with Gasteiger partial charge in [-0.05, 0) is 54.1 Å². The van der Waals surface area contributed by atoms with Crippen LogP contribution >= 0.6 is 11.6 Å². The summed E-state index contributed by atoms with van der Waals surface area (Å²) < 4.78 is 16.0. The highest BCUT2D eigenvalue weighted by Gasteiger charge is 2.26. The van der Waals surface area contributed by atoms with E-state index in [9.17, 15) is 14.0 Å². The number of halogens is 2. The molecule has 164 valence electrons. The molecule has 0 unspecified atom stereocenters. The van der Waals surface area contributed by atoms with Gasteiger partial charge >= 0.3 is 0 Å². The molecule has 0 bridgehead atoms. The van der Waals surface area contributed by atoms with Gasteiger partial charge in [-0.25, -0.2) is 4.39 Å². The molecule has 0 fully saturated rings. The van der Waals surface area contributed by atoms with Crippen molar-refractivity contribution in [1.29, 1.82) is 0 Å². The summed E-state index contributed by atoms with van der Waals surface area (Å²) in [4.78, 5) is 27.7. The SMILES string of the molecule is O=C(Nc1ccc(C(=O)N2Cc3cccn3Cc3ccccc32)c(Cl)c1)c1ccccc1F. The van der Waals surface area contributed by atoms with E-state index in [4.69, 9.17) is 11.6 Å². The molecule has 1 aliphatic heterocycles. The first-order valence-electron chi connectivity index (χ1n) is 10.4. The van der Waals surface area contributed by atoms with Crippen molar-refractivity contribution in [3.05, 3.63) is 118 Å². The second-order valence-corrected chi connectivity index (χ2v) is 8.18. The lowest BCUT2D eigenvalue weighted by atomic mass is 10.1. The van der Waals surface area contributed by atoms with E-state index in [-0.39, 0.29) is 16.5 Å². The van der Waals surface area contributed by atoms with E-state index in [2.05, 4.69) is 9.88 Å². The van der Waals surface area contributed by atoms with E-state index in [0.717, 1.165) is 16.9 Å². The number of aromatic nitrogens is 1. The Kier molecular flexibility index (Phi) is 5.44. The maximum Gasteiger partial charge on any atom is 0.260 e. The Labute approximate surface area is 195 Å². The van der Waals surface area contributed by atoms with Gasteiger partial charge in [0.25, 0.3) is 11.8 Å². The summed E-state index contributed by atoms with van der Waals surface area (Å²) in [6, 6.07) is 22.1. The molecule has 1 aromatic heterocycles. The van der Waals surface area contributed by atoms with Gasteiger partial charge in [-0.1, -0.05) is 41.9 Å². The quantitative estimate of drug-likeness (QED) is 0.424. The van der Waals surface area contributed by atoms with Crippen molar-refractivity contribution < 1.29 is 14.0 Å². The Bertz CT molecular complexity index is 1380. The molecule has 0 spiro atoms. The van der Waals surface area contributed by atoms with Crippen LogP contribution in [0.25, 0.3) is 0 Å². The molecule has 0 atom stereocenters. The third kappa shape index (κ3) is 4.01. The minimum atomic E-state index is -0.613. The number of para-hydroxylation sites is 1. The van der Waals surface area contributed by atoms with E-state index in [1.54, 1.807) is 23.1 Å². The van der Waals surface area contributed by atoms with E-state index in [1.807, 2.05) is 42.6 Å². The lowest BCUT2D eigenvalue weighted by Crippen LogP contribution is -2.30. The van der Waals surface area contributed by atoms with Crippen LogP contribution in [0.4, 0.5) is 15.8 Å². The Morgan fingerprint density at radius 1 is 0.879 bits per heavy atom. The molecule has 0 aliphatic carbocycles. The van der Waals surface area contributed by atoms with Gasteiger partial charge in [-0.3, -0.25) is 9.59 Å². The molecule has 2 amide bonds. The summed E-state index contributed by atoms with van der Waals surface area (Å²) >= 11 is 6.47. The van der Waals surface area contributed by atoms with Gasteiger partial charge < -0.3 is 14.8 Å². The summed E-state index contributed by atoms with van der Waals surface area (Å²) in [6.45, 7) is 1.09. The summed E-state index contributed by atoms with van der Waals surface area (Å²) in [7, 11) is 0. The summed E-state index contributed by atoms with van der Waals surface area (Å²) in [5, 5.41) is 2.83. The maximum atomic E-state index is 13.9. The second-order valence-electron chi connectivity index (χ2n) is 7.78. The van der Waals surface area contributed by atoms with Gasteiger partial charge in [0.2, 0.25) is 0 Å². The molecular formula is C26H19ClFN3O2. The maximum absolute atomic E-state index is 13.9. The topological polar surface area (TPSA) is 54.3 Å². The van der Waals surface area contributed by atoms with Gasteiger partial charge in [0.15, 0.2) is 0 Å². The molecular weight excluding hydrogens is 441 g/mol. The van der Waals surface area contributed by atoms with E-state index >= 15 is 0 Å². The van der Waals surface area contributed by atoms with Crippen LogP contribution < -0.4 is 10.2 Å². The van der Waals surface area contributed by atoms with Crippen LogP contribution in [-0.2, 0) is 13.1 Å². The number of benzene rings is 3. The Balaban J connectivity index is 1.43. The number of hydrogen-bond acceptors (Lipinski definition) is 2. The Morgan fingerprint density at radius 3 is 2.48 bits per heavy atom. The average molecular weight is 460 g/mol. The third-order valence-corrected chi connectivity index (χ3v) is 6.00. The highest BCUT2D eigenvalue weighted by molar-refractivity contribution is 6.35. The zero-order valence-corrected chi connectivity index (χ0v) is 18.2. The zero-order valence-electron chi connectivity index (χ0n) is 17.5. The van der Waals surface area contributed by atoms with Gasteiger partial charge in [0.05, 0.1) is 22.7 Å². The number of anilines is 2. The van der Waals surface area contributed by atoms with Crippen molar-refractivity contribution in [1.82, 2.24) is 4.57 Å². The monoisotopic (exact) mass is 459 g/mol. The first kappa shape index (κ1) is 21.0. The summed E-state index contributed by atoms with van der Waals surface area (Å²) in [6.07, 6.45) is 2.00. The zero-order chi connectivity index (χ0) is 22.9. The van der Waals surface area contributed by atoms with Crippen LogP contribution in [0.3, 0.4) is 0 Å². The highest BCUT2D eigenvalue weighted by Crippen LogP contribution is 2.31. The van der Waals surface area contributed by atoms with Crippen molar-refractivity contribution in [2.24, 2.45) is 0 Å². The van der Waals surface area contributed by atoms with E-state index in [0.29, 0.717) is 24.3 Å². The fourth-order valence-corrected chi connectivity index (χ4v) is 4.28. The fraction of sp³-hybridized carbons (Fsp3) is 0.0769. The standard InChI is InChI=1S/C26H19ClFN3O2/c27-22-14-18(29-25(32)21-8-2-3-9-23(21)28)11-12-20(22)26(33)31-16-19-7-5-13-30(19)15-17-6-1-4-10-24(17)31/h1-14H,15-16H2,(H,29,32). The lowest BCUT2D eigenvalue weighted by Gasteiger charge is -2.23. The lowest BCUT2D eigenvalue weighted by molar-refractivity contribution is 0.0983. The molecule has 0 saturated carbocycles. The largest absolute Gasteiger partial charge is 0.345 e. The number of rotatable bonds is 3. The fourth-order valence-electron chi connectivity index (χ4n) is 4.02. The predicted molar refractivity (Wildman–Crippen MR) is 126 cm³/mol. The van der Waals surface area contributed by atoms with Crippen molar-refractivity contribution in [3.63, 3.8) is 0 Å². The van der Waals surface area contributed by atoms with Gasteiger partial charge in [0, 0.05) is 29.8 Å².